The number of rotatable bonds is 25. The van der Waals surface area contributed by atoms with Crippen LogP contribution in [-0.2, 0) is 28.5 Å². The van der Waals surface area contributed by atoms with E-state index in [0.717, 1.165) is 76.0 Å². The van der Waals surface area contributed by atoms with Crippen molar-refractivity contribution in [2.75, 3.05) is 80.4 Å². The van der Waals surface area contributed by atoms with Crippen LogP contribution in [0, 0.1) is 35.5 Å². The van der Waals surface area contributed by atoms with Gasteiger partial charge in [-0.25, -0.2) is 14.3 Å². The van der Waals surface area contributed by atoms with E-state index in [4.69, 9.17) is 33.5 Å². The Bertz CT molecular complexity index is 2150. The van der Waals surface area contributed by atoms with Gasteiger partial charge in [0.25, 0.3) is 5.91 Å². The second kappa shape index (κ2) is 24.5. The van der Waals surface area contributed by atoms with Gasteiger partial charge in [0.1, 0.15) is 34.8 Å². The maximum atomic E-state index is 14.8. The van der Waals surface area contributed by atoms with Crippen LogP contribution in [0.25, 0.3) is 17.0 Å². The first-order valence-corrected chi connectivity index (χ1v) is 25.8. The molecule has 4 bridgehead atoms. The van der Waals surface area contributed by atoms with Crippen molar-refractivity contribution < 1.29 is 47.6 Å². The van der Waals surface area contributed by atoms with Gasteiger partial charge in [-0.05, 0) is 173 Å². The minimum atomic E-state index is -1.12. The molecule has 0 spiro atoms. The maximum Gasteiger partial charge on any atom is 0.407 e. The standard InChI is InChI=1S/C54H83N7O10/c1-35(2)41-32-40(55-19-13-22-60(9)23-14-20-56-47(62)34-69-26-25-68-24-21-57-51(65)71-53(6,7)8)17-18-43(41)61-44(48-45(66-10)15-12-16-46(48)67-11)33-42(59-61)49(63)58-54(50(64)70-52(3,4)5)38-28-36-27-37(30-38)31-39(54)29-36/h12,15-18,33,35-39,41,55H,13-14,19-32,34H2,1-11H3,(H,56,62)(H,57,65)(H,58,63). The molecule has 1 heterocycles. The quantitative estimate of drug-likeness (QED) is 0.0577. The van der Waals surface area contributed by atoms with Crippen LogP contribution in [0.2, 0.25) is 0 Å². The highest BCUT2D eigenvalue weighted by Crippen LogP contribution is 2.59. The lowest BCUT2D eigenvalue weighted by atomic mass is 9.48. The number of methoxy groups -OCH3 is 2. The minimum absolute atomic E-state index is 0.0100. The Morgan fingerprint density at radius 2 is 1.42 bits per heavy atom. The van der Waals surface area contributed by atoms with Crippen molar-refractivity contribution in [3.63, 3.8) is 0 Å². The number of alkyl carbamates (subject to hydrolysis) is 1. The monoisotopic (exact) mass is 990 g/mol. The van der Waals surface area contributed by atoms with Gasteiger partial charge < -0.3 is 54.6 Å². The van der Waals surface area contributed by atoms with Crippen LogP contribution in [0.4, 0.5) is 4.79 Å². The lowest BCUT2D eigenvalue weighted by molar-refractivity contribution is -0.180. The molecule has 17 nitrogen and oxygen atoms in total. The number of nitrogens with zero attached hydrogens (tertiary/aromatic N) is 3. The van der Waals surface area contributed by atoms with Crippen LogP contribution in [0.15, 0.2) is 42.1 Å². The van der Waals surface area contributed by atoms with Crippen LogP contribution >= 0.6 is 0 Å². The number of aromatic nitrogens is 2. The van der Waals surface area contributed by atoms with Crippen molar-refractivity contribution in [1.29, 1.82) is 0 Å². The summed E-state index contributed by atoms with van der Waals surface area (Å²) in [6, 6.07) is 7.44. The first-order chi connectivity index (χ1) is 33.7. The summed E-state index contributed by atoms with van der Waals surface area (Å²) in [6.07, 6.45) is 11.1. The lowest BCUT2D eigenvalue weighted by Crippen LogP contribution is -2.71. The van der Waals surface area contributed by atoms with Crippen molar-refractivity contribution in [3.05, 3.63) is 47.8 Å². The number of benzene rings is 1. The third-order valence-corrected chi connectivity index (χ3v) is 14.1. The number of nitrogens with one attached hydrogen (secondary N) is 4. The Kier molecular flexibility index (Phi) is 19.1. The van der Waals surface area contributed by atoms with E-state index in [-0.39, 0.29) is 54.5 Å². The normalized spacial score (nSPS) is 22.7. The summed E-state index contributed by atoms with van der Waals surface area (Å²) >= 11 is 0. The molecule has 17 heteroatoms. The second-order valence-electron chi connectivity index (χ2n) is 22.2. The SMILES string of the molecule is COc1cccc(OC)c1-c1cc(C(=O)NC2(C(=O)OC(C)(C)C)C3CC4CC(C3)CC2C4)nn1C1=CC=C(NCCCN(C)CCCNC(=O)COCCOCCNC(=O)OC(C)(C)C)CC1C(C)C. The molecule has 2 aromatic rings. The van der Waals surface area contributed by atoms with E-state index >= 15 is 0 Å². The molecule has 4 saturated carbocycles. The van der Waals surface area contributed by atoms with E-state index < -0.39 is 28.7 Å². The Balaban J connectivity index is 1.04. The van der Waals surface area contributed by atoms with E-state index in [1.807, 2.05) is 43.7 Å². The summed E-state index contributed by atoms with van der Waals surface area (Å²) in [6.45, 7) is 19.7. The summed E-state index contributed by atoms with van der Waals surface area (Å²) in [5, 5.41) is 17.7. The van der Waals surface area contributed by atoms with E-state index in [0.29, 0.717) is 60.9 Å². The van der Waals surface area contributed by atoms with Crippen molar-refractivity contribution in [3.8, 4) is 22.8 Å². The molecule has 0 aliphatic heterocycles. The topological polar surface area (TPSA) is 193 Å². The van der Waals surface area contributed by atoms with Gasteiger partial charge in [-0.3, -0.25) is 9.59 Å². The first kappa shape index (κ1) is 55.2. The Labute approximate surface area is 421 Å². The number of amides is 3. The van der Waals surface area contributed by atoms with Gasteiger partial charge in [-0.1, -0.05) is 19.9 Å². The highest BCUT2D eigenvalue weighted by Gasteiger charge is 2.63. The van der Waals surface area contributed by atoms with Gasteiger partial charge >= 0.3 is 12.1 Å². The third kappa shape index (κ3) is 14.7. The zero-order valence-electron chi connectivity index (χ0n) is 44.4. The number of hydrogen-bond donors (Lipinski definition) is 4. The third-order valence-electron chi connectivity index (χ3n) is 14.1. The molecule has 5 aliphatic carbocycles. The van der Waals surface area contributed by atoms with Gasteiger partial charge in [0.05, 0.1) is 45.3 Å². The van der Waals surface area contributed by atoms with Gasteiger partial charge in [0, 0.05) is 36.9 Å². The number of hydrogen-bond acceptors (Lipinski definition) is 13. The maximum absolute atomic E-state index is 14.8. The van der Waals surface area contributed by atoms with Gasteiger partial charge in [0.2, 0.25) is 5.91 Å². The van der Waals surface area contributed by atoms with Gasteiger partial charge in [-0.15, -0.1) is 0 Å². The zero-order chi connectivity index (χ0) is 51.5. The molecule has 394 valence electrons. The smallest absolute Gasteiger partial charge is 0.407 e. The highest BCUT2D eigenvalue weighted by atomic mass is 16.6. The van der Waals surface area contributed by atoms with Crippen molar-refractivity contribution in [2.24, 2.45) is 35.5 Å². The predicted molar refractivity (Wildman–Crippen MR) is 273 cm³/mol. The highest BCUT2D eigenvalue weighted by molar-refractivity contribution is 5.99. The first-order valence-electron chi connectivity index (χ1n) is 25.8. The number of carbonyl (C=O) groups excluding carboxylic acids is 4. The van der Waals surface area contributed by atoms with Crippen LogP contribution in [0.3, 0.4) is 0 Å². The van der Waals surface area contributed by atoms with E-state index in [1.54, 1.807) is 41.1 Å². The average Bonchev–Trinajstić information content (AvgIpc) is 3.74. The predicted octanol–water partition coefficient (Wildman–Crippen LogP) is 7.21. The summed E-state index contributed by atoms with van der Waals surface area (Å²) in [5.74, 6) is 1.72. The minimum Gasteiger partial charge on any atom is -0.496 e. The molecule has 4 N–H and O–H groups in total. The van der Waals surface area contributed by atoms with Crippen molar-refractivity contribution >= 4 is 29.6 Å². The van der Waals surface area contributed by atoms with E-state index in [9.17, 15) is 19.2 Å². The molecular formula is C54H83N7O10. The summed E-state index contributed by atoms with van der Waals surface area (Å²) in [5.41, 5.74) is 1.24. The molecule has 5 aliphatic rings. The molecule has 1 aromatic heterocycles. The number of carbonyl (C=O) groups is 4. The zero-order valence-corrected chi connectivity index (χ0v) is 44.4. The fourth-order valence-corrected chi connectivity index (χ4v) is 11.0. The van der Waals surface area contributed by atoms with Gasteiger partial charge in [0.15, 0.2) is 5.69 Å². The molecule has 7 rings (SSSR count). The number of ether oxygens (including phenoxy) is 6. The van der Waals surface area contributed by atoms with Gasteiger partial charge in [-0.2, -0.15) is 5.10 Å². The molecular weight excluding hydrogens is 907 g/mol. The summed E-state index contributed by atoms with van der Waals surface area (Å²) < 4.78 is 35.9. The summed E-state index contributed by atoms with van der Waals surface area (Å²) in [7, 11) is 5.33. The number of esters is 1. The molecule has 0 radical (unpaired) electrons. The molecule has 71 heavy (non-hydrogen) atoms. The van der Waals surface area contributed by atoms with Crippen LogP contribution < -0.4 is 30.7 Å². The Morgan fingerprint density at radius 3 is 2.03 bits per heavy atom. The molecule has 1 aromatic carbocycles. The average molecular weight is 990 g/mol. The largest absolute Gasteiger partial charge is 0.496 e. The fourth-order valence-electron chi connectivity index (χ4n) is 11.0. The molecule has 3 amide bonds. The number of allylic oxidation sites excluding steroid dienone is 4. The molecule has 4 fully saturated rings. The second-order valence-corrected chi connectivity index (χ2v) is 22.2. The Hall–Kier alpha value is -5.13. The van der Waals surface area contributed by atoms with Crippen LogP contribution in [0.1, 0.15) is 117 Å². The van der Waals surface area contributed by atoms with E-state index in [1.165, 1.54) is 6.42 Å². The van der Waals surface area contributed by atoms with E-state index in [2.05, 4.69) is 59.2 Å². The molecule has 1 atom stereocenters. The Morgan fingerprint density at radius 1 is 0.803 bits per heavy atom. The lowest BCUT2D eigenvalue weighted by Gasteiger charge is -2.59. The summed E-state index contributed by atoms with van der Waals surface area (Å²) in [4.78, 5) is 55.5. The molecule has 0 saturated heterocycles. The van der Waals surface area contributed by atoms with Crippen molar-refractivity contribution in [2.45, 2.75) is 123 Å². The van der Waals surface area contributed by atoms with Crippen LogP contribution in [-0.4, -0.2) is 136 Å². The molecule has 1 unspecified atom stereocenters. The van der Waals surface area contributed by atoms with Crippen molar-refractivity contribution in [1.82, 2.24) is 35.9 Å². The fraction of sp³-hybridized carbons (Fsp3) is 0.685. The van der Waals surface area contributed by atoms with Crippen LogP contribution in [0.5, 0.6) is 11.5 Å².